The molecule has 0 spiro atoms. The molecule has 0 unspecified atom stereocenters. The Balaban J connectivity index is 1.86. The third kappa shape index (κ3) is 3.29. The van der Waals surface area contributed by atoms with Gasteiger partial charge >= 0.3 is 0 Å². The number of amides is 1. The first-order valence-electron chi connectivity index (χ1n) is 6.12. The number of carbonyl (C=O) groups excluding carboxylic acids is 1. The normalized spacial score (nSPS) is 15.5. The van der Waals surface area contributed by atoms with Gasteiger partial charge in [-0.3, -0.25) is 4.79 Å². The van der Waals surface area contributed by atoms with E-state index < -0.39 is 0 Å². The van der Waals surface area contributed by atoms with Crippen molar-refractivity contribution in [3.05, 3.63) is 23.2 Å². The molecule has 1 fully saturated rings. The Morgan fingerprint density at radius 2 is 2.06 bits per heavy atom. The second-order valence-corrected chi connectivity index (χ2v) is 4.82. The van der Waals surface area contributed by atoms with E-state index in [1.807, 2.05) is 4.90 Å². The van der Waals surface area contributed by atoms with Gasteiger partial charge in [-0.2, -0.15) is 0 Å². The Labute approximate surface area is 112 Å². The number of nitrogens with zero attached hydrogens (tertiary/aromatic N) is 1. The maximum absolute atomic E-state index is 11.9. The molecule has 1 amide bonds. The van der Waals surface area contributed by atoms with Crippen molar-refractivity contribution in [3.63, 3.8) is 0 Å². The van der Waals surface area contributed by atoms with E-state index in [2.05, 4.69) is 0 Å². The summed E-state index contributed by atoms with van der Waals surface area (Å²) < 4.78 is 5.43. The van der Waals surface area contributed by atoms with Crippen molar-refractivity contribution in [3.8, 4) is 5.75 Å². The lowest BCUT2D eigenvalue weighted by atomic mass is 10.1. The molecule has 0 bridgehead atoms. The molecule has 0 saturated carbocycles. The van der Waals surface area contributed by atoms with Gasteiger partial charge in [0, 0.05) is 19.2 Å². The lowest BCUT2D eigenvalue weighted by molar-refractivity contribution is -0.134. The number of hydrogen-bond acceptors (Lipinski definition) is 3. The number of nitrogen functional groups attached to an aromatic ring is 1. The average molecular weight is 269 g/mol. The molecular weight excluding hydrogens is 252 g/mol. The Morgan fingerprint density at radius 3 is 2.72 bits per heavy atom. The number of ether oxygens (including phenoxy) is 1. The van der Waals surface area contributed by atoms with Crippen molar-refractivity contribution in [1.82, 2.24) is 4.90 Å². The highest BCUT2D eigenvalue weighted by Crippen LogP contribution is 2.24. The van der Waals surface area contributed by atoms with Crippen LogP contribution in [0.5, 0.6) is 5.75 Å². The predicted octanol–water partition coefficient (Wildman–Crippen LogP) is 2.31. The summed E-state index contributed by atoms with van der Waals surface area (Å²) in [5.41, 5.74) is 6.10. The van der Waals surface area contributed by atoms with Crippen LogP contribution in [0.4, 0.5) is 5.69 Å². The molecule has 4 nitrogen and oxygen atoms in total. The Hall–Kier alpha value is -1.42. The molecule has 5 heteroatoms. The first-order chi connectivity index (χ1) is 8.66. The van der Waals surface area contributed by atoms with Gasteiger partial charge in [0.25, 0.3) is 5.91 Å². The monoisotopic (exact) mass is 268 g/mol. The first-order valence-corrected chi connectivity index (χ1v) is 6.50. The fourth-order valence-electron chi connectivity index (χ4n) is 1.98. The van der Waals surface area contributed by atoms with Crippen molar-refractivity contribution in [2.24, 2.45) is 0 Å². The maximum atomic E-state index is 11.9. The largest absolute Gasteiger partial charge is 0.484 e. The highest BCUT2D eigenvalue weighted by atomic mass is 35.5. The van der Waals surface area contributed by atoms with E-state index in [-0.39, 0.29) is 12.5 Å². The van der Waals surface area contributed by atoms with Crippen LogP contribution in [-0.2, 0) is 4.79 Å². The Bertz CT molecular complexity index is 431. The molecular formula is C13H17ClN2O2. The minimum absolute atomic E-state index is 0.0302. The number of piperidine rings is 1. The topological polar surface area (TPSA) is 55.6 Å². The fourth-order valence-corrected chi connectivity index (χ4v) is 2.15. The second-order valence-electron chi connectivity index (χ2n) is 4.41. The molecule has 0 atom stereocenters. The van der Waals surface area contributed by atoms with Gasteiger partial charge in [-0.05, 0) is 31.4 Å². The lowest BCUT2D eigenvalue weighted by Gasteiger charge is -2.26. The van der Waals surface area contributed by atoms with Crippen molar-refractivity contribution >= 4 is 23.2 Å². The van der Waals surface area contributed by atoms with Gasteiger partial charge in [0.05, 0.1) is 10.7 Å². The summed E-state index contributed by atoms with van der Waals surface area (Å²) in [6, 6.07) is 5.01. The molecule has 2 rings (SSSR count). The van der Waals surface area contributed by atoms with Gasteiger partial charge in [0.15, 0.2) is 6.61 Å². The van der Waals surface area contributed by atoms with E-state index in [1.165, 1.54) is 6.42 Å². The van der Waals surface area contributed by atoms with Crippen molar-refractivity contribution < 1.29 is 9.53 Å². The molecule has 0 radical (unpaired) electrons. The minimum atomic E-state index is 0.0302. The number of anilines is 1. The first kappa shape index (κ1) is 13.0. The van der Waals surface area contributed by atoms with Crippen LogP contribution in [0.25, 0.3) is 0 Å². The number of hydrogen-bond donors (Lipinski definition) is 1. The van der Waals surface area contributed by atoms with Crippen molar-refractivity contribution in [1.29, 1.82) is 0 Å². The molecule has 2 N–H and O–H groups in total. The summed E-state index contributed by atoms with van der Waals surface area (Å²) in [5, 5.41) is 0.443. The highest BCUT2D eigenvalue weighted by molar-refractivity contribution is 6.33. The number of nitrogens with two attached hydrogens (primary N) is 1. The number of rotatable bonds is 3. The molecule has 0 aliphatic carbocycles. The van der Waals surface area contributed by atoms with Gasteiger partial charge in [0.1, 0.15) is 5.75 Å². The summed E-state index contributed by atoms with van der Waals surface area (Å²) in [4.78, 5) is 13.7. The van der Waals surface area contributed by atoms with Gasteiger partial charge in [-0.25, -0.2) is 0 Å². The number of benzene rings is 1. The number of halogens is 1. The molecule has 18 heavy (non-hydrogen) atoms. The van der Waals surface area contributed by atoms with Crippen LogP contribution in [0.3, 0.4) is 0 Å². The van der Waals surface area contributed by atoms with Crippen LogP contribution in [0.15, 0.2) is 18.2 Å². The molecule has 98 valence electrons. The van der Waals surface area contributed by atoms with Gasteiger partial charge in [-0.15, -0.1) is 0 Å². The van der Waals surface area contributed by atoms with E-state index in [1.54, 1.807) is 18.2 Å². The van der Waals surface area contributed by atoms with Crippen molar-refractivity contribution in [2.75, 3.05) is 25.4 Å². The van der Waals surface area contributed by atoms with E-state index in [0.717, 1.165) is 25.9 Å². The molecule has 1 aromatic carbocycles. The lowest BCUT2D eigenvalue weighted by Crippen LogP contribution is -2.38. The number of carbonyl (C=O) groups is 1. The standard InChI is InChI=1S/C13H17ClN2O2/c14-11-8-10(4-5-12(11)15)18-9-13(17)16-6-2-1-3-7-16/h4-5,8H,1-3,6-7,9,15H2. The maximum Gasteiger partial charge on any atom is 0.260 e. The highest BCUT2D eigenvalue weighted by Gasteiger charge is 2.16. The third-order valence-electron chi connectivity index (χ3n) is 3.04. The van der Waals surface area contributed by atoms with Crippen LogP contribution in [0.1, 0.15) is 19.3 Å². The SMILES string of the molecule is Nc1ccc(OCC(=O)N2CCCCC2)cc1Cl. The number of likely N-dealkylation sites (tertiary alicyclic amines) is 1. The zero-order valence-corrected chi connectivity index (χ0v) is 10.9. The Kier molecular flexibility index (Phi) is 4.31. The molecule has 1 saturated heterocycles. The summed E-state index contributed by atoms with van der Waals surface area (Å²) in [6.45, 7) is 1.73. The molecule has 1 aliphatic heterocycles. The van der Waals surface area contributed by atoms with Crippen molar-refractivity contribution in [2.45, 2.75) is 19.3 Å². The smallest absolute Gasteiger partial charge is 0.260 e. The molecule has 1 heterocycles. The van der Waals surface area contributed by atoms with Crippen LogP contribution in [0.2, 0.25) is 5.02 Å². The fraction of sp³-hybridized carbons (Fsp3) is 0.462. The van der Waals surface area contributed by atoms with Crippen LogP contribution in [-0.4, -0.2) is 30.5 Å². The van der Waals surface area contributed by atoms with Crippen LogP contribution < -0.4 is 10.5 Å². The second kappa shape index (κ2) is 5.96. The van der Waals surface area contributed by atoms with E-state index in [0.29, 0.717) is 16.5 Å². The van der Waals surface area contributed by atoms with Gasteiger partial charge in [-0.1, -0.05) is 11.6 Å². The summed E-state index contributed by atoms with van der Waals surface area (Å²) >= 11 is 5.88. The van der Waals surface area contributed by atoms with Crippen LogP contribution >= 0.6 is 11.6 Å². The van der Waals surface area contributed by atoms with E-state index >= 15 is 0 Å². The third-order valence-corrected chi connectivity index (χ3v) is 3.37. The zero-order chi connectivity index (χ0) is 13.0. The minimum Gasteiger partial charge on any atom is -0.484 e. The predicted molar refractivity (Wildman–Crippen MR) is 71.8 cm³/mol. The van der Waals surface area contributed by atoms with Crippen LogP contribution in [0, 0.1) is 0 Å². The van der Waals surface area contributed by atoms with E-state index in [4.69, 9.17) is 22.1 Å². The summed E-state index contributed by atoms with van der Waals surface area (Å²) in [6.07, 6.45) is 3.37. The average Bonchev–Trinajstić information content (AvgIpc) is 2.41. The molecule has 1 aromatic rings. The summed E-state index contributed by atoms with van der Waals surface area (Å²) in [7, 11) is 0. The molecule has 1 aliphatic rings. The van der Waals surface area contributed by atoms with E-state index in [9.17, 15) is 4.79 Å². The summed E-state index contributed by atoms with van der Waals surface area (Å²) in [5.74, 6) is 0.599. The quantitative estimate of drug-likeness (QED) is 0.856. The molecule has 0 aromatic heterocycles. The Morgan fingerprint density at radius 1 is 1.33 bits per heavy atom. The zero-order valence-electron chi connectivity index (χ0n) is 10.2. The van der Waals surface area contributed by atoms with Gasteiger partial charge in [0.2, 0.25) is 0 Å². The van der Waals surface area contributed by atoms with Gasteiger partial charge < -0.3 is 15.4 Å².